The van der Waals surface area contributed by atoms with Gasteiger partial charge in [0.1, 0.15) is 0 Å². The molecule has 1 fully saturated rings. The van der Waals surface area contributed by atoms with Crippen molar-refractivity contribution in [3.63, 3.8) is 0 Å². The Labute approximate surface area is 92.8 Å². The topological polar surface area (TPSA) is 55.8 Å². The highest BCUT2D eigenvalue weighted by molar-refractivity contribution is 5.70. The van der Waals surface area contributed by atoms with Gasteiger partial charge in [-0.15, -0.1) is 0 Å². The van der Waals surface area contributed by atoms with Crippen molar-refractivity contribution in [2.75, 3.05) is 0 Å². The Bertz CT molecular complexity index is 448. The van der Waals surface area contributed by atoms with Crippen LogP contribution in [0, 0.1) is 0 Å². The van der Waals surface area contributed by atoms with E-state index < -0.39 is 11.8 Å². The second kappa shape index (κ2) is 3.14. The van der Waals surface area contributed by atoms with Gasteiger partial charge in [0.25, 0.3) is 5.79 Å². The van der Waals surface area contributed by atoms with Crippen LogP contribution in [0.5, 0.6) is 11.5 Å². The molecule has 0 amide bonds. The van der Waals surface area contributed by atoms with Crippen LogP contribution >= 0.6 is 0 Å². The van der Waals surface area contributed by atoms with E-state index in [1.54, 1.807) is 18.2 Å². The number of aliphatic carboxylic acids is 1. The van der Waals surface area contributed by atoms with Crippen LogP contribution in [-0.4, -0.2) is 16.9 Å². The van der Waals surface area contributed by atoms with E-state index in [1.807, 2.05) is 0 Å². The first-order chi connectivity index (χ1) is 7.67. The molecule has 0 radical (unpaired) electrons. The van der Waals surface area contributed by atoms with Crippen LogP contribution in [-0.2, 0) is 11.2 Å². The summed E-state index contributed by atoms with van der Waals surface area (Å²) in [5, 5.41) is 8.70. The van der Waals surface area contributed by atoms with E-state index in [2.05, 4.69) is 0 Å². The van der Waals surface area contributed by atoms with Gasteiger partial charge in [-0.3, -0.25) is 4.79 Å². The number of fused-ring (bicyclic) bond motifs is 1. The summed E-state index contributed by atoms with van der Waals surface area (Å²) in [7, 11) is 0. The van der Waals surface area contributed by atoms with Crippen molar-refractivity contribution < 1.29 is 19.4 Å². The summed E-state index contributed by atoms with van der Waals surface area (Å²) in [6.45, 7) is 0. The van der Waals surface area contributed by atoms with E-state index >= 15 is 0 Å². The van der Waals surface area contributed by atoms with Crippen LogP contribution in [0.2, 0.25) is 0 Å². The maximum absolute atomic E-state index is 10.6. The van der Waals surface area contributed by atoms with E-state index in [0.29, 0.717) is 5.75 Å². The number of hydrogen-bond acceptors (Lipinski definition) is 3. The Morgan fingerprint density at radius 2 is 2.06 bits per heavy atom. The van der Waals surface area contributed by atoms with E-state index in [0.717, 1.165) is 30.6 Å². The summed E-state index contributed by atoms with van der Waals surface area (Å²) in [6.07, 6.45) is 2.96. The number of rotatable bonds is 2. The van der Waals surface area contributed by atoms with Gasteiger partial charge in [0.05, 0.1) is 6.42 Å². The van der Waals surface area contributed by atoms with Crippen LogP contribution in [0.15, 0.2) is 18.2 Å². The Morgan fingerprint density at radius 1 is 1.31 bits per heavy atom. The lowest BCUT2D eigenvalue weighted by molar-refractivity contribution is -0.138. The van der Waals surface area contributed by atoms with E-state index in [9.17, 15) is 4.79 Å². The van der Waals surface area contributed by atoms with Crippen molar-refractivity contribution in [1.82, 2.24) is 0 Å². The summed E-state index contributed by atoms with van der Waals surface area (Å²) in [4.78, 5) is 10.6. The highest BCUT2D eigenvalue weighted by Gasteiger charge is 2.47. The van der Waals surface area contributed by atoms with Gasteiger partial charge in [-0.2, -0.15) is 0 Å². The number of carbonyl (C=O) groups is 1. The Morgan fingerprint density at radius 3 is 2.69 bits per heavy atom. The van der Waals surface area contributed by atoms with E-state index in [1.165, 1.54) is 0 Å². The lowest BCUT2D eigenvalue weighted by atomic mass is 9.91. The van der Waals surface area contributed by atoms with Gasteiger partial charge >= 0.3 is 5.97 Å². The molecule has 1 aromatic carbocycles. The molecule has 0 saturated heterocycles. The summed E-state index contributed by atoms with van der Waals surface area (Å²) in [5.41, 5.74) is 0.742. The maximum Gasteiger partial charge on any atom is 0.307 e. The number of benzene rings is 1. The molecule has 4 heteroatoms. The van der Waals surface area contributed by atoms with Crippen LogP contribution in [0.1, 0.15) is 24.8 Å². The van der Waals surface area contributed by atoms with Crippen molar-refractivity contribution in [3.05, 3.63) is 23.8 Å². The third kappa shape index (κ3) is 1.41. The molecule has 1 saturated carbocycles. The lowest BCUT2D eigenvalue weighted by Gasteiger charge is -2.35. The summed E-state index contributed by atoms with van der Waals surface area (Å²) in [6, 6.07) is 5.32. The van der Waals surface area contributed by atoms with E-state index in [-0.39, 0.29) is 6.42 Å². The number of carboxylic acid groups (broad SMARTS) is 1. The molecule has 2 aliphatic rings. The SMILES string of the molecule is O=C(O)Cc1ccc2c(c1)OC1(CCC1)O2. The zero-order chi connectivity index (χ0) is 11.2. The highest BCUT2D eigenvalue weighted by atomic mass is 16.7. The summed E-state index contributed by atoms with van der Waals surface area (Å²) in [5.74, 6) is 0.133. The average molecular weight is 220 g/mol. The minimum absolute atomic E-state index is 0.0175. The first-order valence-corrected chi connectivity index (χ1v) is 5.40. The van der Waals surface area contributed by atoms with Gasteiger partial charge in [0.15, 0.2) is 11.5 Å². The minimum Gasteiger partial charge on any atom is -0.481 e. The first-order valence-electron chi connectivity index (χ1n) is 5.40. The van der Waals surface area contributed by atoms with E-state index in [4.69, 9.17) is 14.6 Å². The molecule has 0 atom stereocenters. The molecular weight excluding hydrogens is 208 g/mol. The van der Waals surface area contributed by atoms with Gasteiger partial charge in [-0.25, -0.2) is 0 Å². The smallest absolute Gasteiger partial charge is 0.307 e. The number of hydrogen-bond donors (Lipinski definition) is 1. The van der Waals surface area contributed by atoms with Crippen molar-refractivity contribution in [2.24, 2.45) is 0 Å². The standard InChI is InChI=1S/C12H12O4/c13-11(14)7-8-2-3-9-10(6-8)16-12(15-9)4-1-5-12/h2-3,6H,1,4-5,7H2,(H,13,14). The summed E-state index contributed by atoms with van der Waals surface area (Å²) >= 11 is 0. The molecule has 4 nitrogen and oxygen atoms in total. The molecule has 1 N–H and O–H groups in total. The molecule has 1 aliphatic heterocycles. The van der Waals surface area contributed by atoms with Crippen LogP contribution in [0.3, 0.4) is 0 Å². The predicted octanol–water partition coefficient (Wildman–Crippen LogP) is 1.97. The Hall–Kier alpha value is -1.71. The largest absolute Gasteiger partial charge is 0.481 e. The highest BCUT2D eigenvalue weighted by Crippen LogP contribution is 2.48. The van der Waals surface area contributed by atoms with Crippen molar-refractivity contribution >= 4 is 5.97 Å². The second-order valence-electron chi connectivity index (χ2n) is 4.32. The molecule has 0 bridgehead atoms. The zero-order valence-electron chi connectivity index (χ0n) is 8.73. The molecule has 1 heterocycles. The number of carboxylic acids is 1. The quantitative estimate of drug-likeness (QED) is 0.827. The Balaban J connectivity index is 1.85. The van der Waals surface area contributed by atoms with Gasteiger partial charge in [-0.1, -0.05) is 6.07 Å². The average Bonchev–Trinajstić information content (AvgIpc) is 2.54. The lowest BCUT2D eigenvalue weighted by Crippen LogP contribution is -2.45. The molecule has 1 aromatic rings. The Kier molecular flexibility index (Phi) is 1.87. The van der Waals surface area contributed by atoms with Crippen LogP contribution in [0.4, 0.5) is 0 Å². The predicted molar refractivity (Wildman–Crippen MR) is 55.6 cm³/mol. The van der Waals surface area contributed by atoms with Crippen molar-refractivity contribution in [2.45, 2.75) is 31.5 Å². The molecule has 1 spiro atoms. The van der Waals surface area contributed by atoms with Gasteiger partial charge in [0.2, 0.25) is 0 Å². The second-order valence-corrected chi connectivity index (χ2v) is 4.32. The molecule has 84 valence electrons. The molecule has 3 rings (SSSR count). The van der Waals surface area contributed by atoms with Crippen LogP contribution in [0.25, 0.3) is 0 Å². The molecular formula is C12H12O4. The maximum atomic E-state index is 10.6. The third-order valence-electron chi connectivity index (χ3n) is 3.07. The fourth-order valence-electron chi connectivity index (χ4n) is 2.09. The summed E-state index contributed by atoms with van der Waals surface area (Å²) < 4.78 is 11.5. The van der Waals surface area contributed by atoms with Crippen molar-refractivity contribution in [1.29, 1.82) is 0 Å². The number of ether oxygens (including phenoxy) is 2. The molecule has 16 heavy (non-hydrogen) atoms. The molecule has 0 unspecified atom stereocenters. The van der Waals surface area contributed by atoms with Crippen molar-refractivity contribution in [3.8, 4) is 11.5 Å². The molecule has 1 aliphatic carbocycles. The zero-order valence-corrected chi connectivity index (χ0v) is 8.73. The third-order valence-corrected chi connectivity index (χ3v) is 3.07. The van der Waals surface area contributed by atoms with Gasteiger partial charge in [0, 0.05) is 12.8 Å². The molecule has 0 aromatic heterocycles. The minimum atomic E-state index is -0.836. The van der Waals surface area contributed by atoms with Crippen LogP contribution < -0.4 is 9.47 Å². The van der Waals surface area contributed by atoms with Gasteiger partial charge in [-0.05, 0) is 24.1 Å². The van der Waals surface area contributed by atoms with Gasteiger partial charge < -0.3 is 14.6 Å². The first kappa shape index (κ1) is 9.51. The fraction of sp³-hybridized carbons (Fsp3) is 0.417. The monoisotopic (exact) mass is 220 g/mol. The normalized spacial score (nSPS) is 19.5. The fourth-order valence-corrected chi connectivity index (χ4v) is 2.09.